The van der Waals surface area contributed by atoms with Gasteiger partial charge in [0.05, 0.1) is 6.10 Å². The predicted octanol–water partition coefficient (Wildman–Crippen LogP) is 3.16. The van der Waals surface area contributed by atoms with E-state index in [1.165, 1.54) is 31.2 Å². The maximum atomic E-state index is 10.2. The second-order valence-electron chi connectivity index (χ2n) is 5.37. The Morgan fingerprint density at radius 3 is 2.44 bits per heavy atom. The van der Waals surface area contributed by atoms with Crippen molar-refractivity contribution in [2.24, 2.45) is 0 Å². The van der Waals surface area contributed by atoms with Crippen molar-refractivity contribution in [2.45, 2.75) is 45.1 Å². The van der Waals surface area contributed by atoms with Crippen molar-refractivity contribution in [1.29, 1.82) is 0 Å². The third kappa shape index (κ3) is 3.82. The molecule has 1 unspecified atom stereocenters. The van der Waals surface area contributed by atoms with Gasteiger partial charge in [-0.15, -0.1) is 0 Å². The van der Waals surface area contributed by atoms with Crippen LogP contribution in [0.3, 0.4) is 0 Å². The lowest BCUT2D eigenvalue weighted by molar-refractivity contribution is 0.126. The average molecular weight is 247 g/mol. The first-order chi connectivity index (χ1) is 8.79. The van der Waals surface area contributed by atoms with E-state index in [9.17, 15) is 5.11 Å². The molecule has 100 valence electrons. The molecular weight excluding hydrogens is 222 g/mol. The number of benzene rings is 1. The van der Waals surface area contributed by atoms with Gasteiger partial charge in [0.25, 0.3) is 0 Å². The van der Waals surface area contributed by atoms with Crippen LogP contribution in [0.25, 0.3) is 0 Å². The molecule has 2 nitrogen and oxygen atoms in total. The Hall–Kier alpha value is -0.860. The Labute approximate surface area is 111 Å². The highest BCUT2D eigenvalue weighted by Gasteiger charge is 2.16. The molecule has 1 aromatic rings. The van der Waals surface area contributed by atoms with E-state index in [1.807, 2.05) is 0 Å². The van der Waals surface area contributed by atoms with Gasteiger partial charge in [0.15, 0.2) is 0 Å². The summed E-state index contributed by atoms with van der Waals surface area (Å²) in [6.45, 7) is 5.29. The van der Waals surface area contributed by atoms with Gasteiger partial charge in [-0.2, -0.15) is 0 Å². The van der Waals surface area contributed by atoms with Crippen molar-refractivity contribution >= 4 is 0 Å². The fourth-order valence-electron chi connectivity index (χ4n) is 2.60. The Kier molecular flexibility index (Phi) is 5.21. The van der Waals surface area contributed by atoms with Gasteiger partial charge < -0.3 is 10.0 Å². The van der Waals surface area contributed by atoms with E-state index in [0.717, 1.165) is 31.6 Å². The summed E-state index contributed by atoms with van der Waals surface area (Å²) >= 11 is 0. The smallest absolute Gasteiger partial charge is 0.0916 e. The molecule has 0 aliphatic carbocycles. The molecular formula is C16H25NO. The van der Waals surface area contributed by atoms with E-state index in [-0.39, 0.29) is 6.10 Å². The monoisotopic (exact) mass is 247 g/mol. The number of β-amino-alcohol motifs (C(OH)–C–C–N with tert-alkyl or cyclic N) is 1. The second kappa shape index (κ2) is 6.91. The summed E-state index contributed by atoms with van der Waals surface area (Å²) in [5.74, 6) is 0. The van der Waals surface area contributed by atoms with E-state index < -0.39 is 0 Å². The van der Waals surface area contributed by atoms with Gasteiger partial charge in [-0.05, 0) is 49.9 Å². The molecule has 1 aliphatic heterocycles. The molecule has 0 spiro atoms. The number of hydrogen-bond acceptors (Lipinski definition) is 2. The highest BCUT2D eigenvalue weighted by atomic mass is 16.3. The second-order valence-corrected chi connectivity index (χ2v) is 5.37. The molecule has 1 fully saturated rings. The average Bonchev–Trinajstić information content (AvgIpc) is 2.89. The number of rotatable bonds is 6. The summed E-state index contributed by atoms with van der Waals surface area (Å²) in [4.78, 5) is 2.36. The van der Waals surface area contributed by atoms with Gasteiger partial charge in [-0.1, -0.05) is 37.6 Å². The summed E-state index contributed by atoms with van der Waals surface area (Å²) in [5.41, 5.74) is 2.44. The zero-order valence-corrected chi connectivity index (χ0v) is 11.4. The van der Waals surface area contributed by atoms with Crippen LogP contribution in [0, 0.1) is 0 Å². The van der Waals surface area contributed by atoms with Crippen LogP contribution in [0.5, 0.6) is 0 Å². The SMILES string of the molecule is CCCCc1ccc(C(O)CN2CCCC2)cc1. The summed E-state index contributed by atoms with van der Waals surface area (Å²) in [6.07, 6.45) is 5.86. The summed E-state index contributed by atoms with van der Waals surface area (Å²) in [5, 5.41) is 10.2. The Balaban J connectivity index is 1.87. The van der Waals surface area contributed by atoms with E-state index in [4.69, 9.17) is 0 Å². The standard InChI is InChI=1S/C16H25NO/c1-2-3-6-14-7-9-15(10-8-14)16(18)13-17-11-4-5-12-17/h7-10,16,18H,2-6,11-13H2,1H3. The number of aliphatic hydroxyl groups is 1. The summed E-state index contributed by atoms with van der Waals surface area (Å²) in [6, 6.07) is 8.51. The number of likely N-dealkylation sites (tertiary alicyclic amines) is 1. The van der Waals surface area contributed by atoms with Gasteiger partial charge in [-0.3, -0.25) is 0 Å². The molecule has 1 saturated heterocycles. The molecule has 2 heteroatoms. The normalized spacial score (nSPS) is 18.1. The predicted molar refractivity (Wildman–Crippen MR) is 75.7 cm³/mol. The third-order valence-corrected chi connectivity index (χ3v) is 3.81. The van der Waals surface area contributed by atoms with Gasteiger partial charge in [0.1, 0.15) is 0 Å². The van der Waals surface area contributed by atoms with Crippen molar-refractivity contribution in [1.82, 2.24) is 4.90 Å². The molecule has 1 aromatic carbocycles. The van der Waals surface area contributed by atoms with Gasteiger partial charge >= 0.3 is 0 Å². The van der Waals surface area contributed by atoms with Crippen LogP contribution in [0.1, 0.15) is 49.8 Å². The van der Waals surface area contributed by atoms with Crippen molar-refractivity contribution in [3.05, 3.63) is 35.4 Å². The summed E-state index contributed by atoms with van der Waals surface area (Å²) in [7, 11) is 0. The Morgan fingerprint density at radius 2 is 1.83 bits per heavy atom. The van der Waals surface area contributed by atoms with Crippen LogP contribution in [-0.4, -0.2) is 29.6 Å². The lowest BCUT2D eigenvalue weighted by Gasteiger charge is -2.19. The molecule has 1 atom stereocenters. The van der Waals surface area contributed by atoms with Gasteiger partial charge in [-0.25, -0.2) is 0 Å². The largest absolute Gasteiger partial charge is 0.387 e. The van der Waals surface area contributed by atoms with E-state index >= 15 is 0 Å². The lowest BCUT2D eigenvalue weighted by Crippen LogP contribution is -2.25. The molecule has 1 heterocycles. The van der Waals surface area contributed by atoms with Crippen molar-refractivity contribution in [2.75, 3.05) is 19.6 Å². The first kappa shape index (κ1) is 13.6. The fraction of sp³-hybridized carbons (Fsp3) is 0.625. The van der Waals surface area contributed by atoms with Crippen LogP contribution in [-0.2, 0) is 6.42 Å². The molecule has 0 aromatic heterocycles. The first-order valence-corrected chi connectivity index (χ1v) is 7.29. The minimum Gasteiger partial charge on any atom is -0.387 e. The molecule has 0 amide bonds. The molecule has 0 bridgehead atoms. The van der Waals surface area contributed by atoms with Gasteiger partial charge in [0.2, 0.25) is 0 Å². The maximum Gasteiger partial charge on any atom is 0.0916 e. The van der Waals surface area contributed by atoms with Crippen LogP contribution in [0.4, 0.5) is 0 Å². The molecule has 1 N–H and O–H groups in total. The minimum atomic E-state index is -0.330. The van der Waals surface area contributed by atoms with Crippen LogP contribution in [0.15, 0.2) is 24.3 Å². The number of hydrogen-bond donors (Lipinski definition) is 1. The van der Waals surface area contributed by atoms with Crippen molar-refractivity contribution in [3.8, 4) is 0 Å². The fourth-order valence-corrected chi connectivity index (χ4v) is 2.60. The molecule has 1 aliphatic rings. The highest BCUT2D eigenvalue weighted by Crippen LogP contribution is 2.18. The van der Waals surface area contributed by atoms with E-state index in [0.29, 0.717) is 0 Å². The maximum absolute atomic E-state index is 10.2. The number of aryl methyl sites for hydroxylation is 1. The quantitative estimate of drug-likeness (QED) is 0.834. The zero-order valence-electron chi connectivity index (χ0n) is 11.4. The lowest BCUT2D eigenvalue weighted by atomic mass is 10.0. The number of unbranched alkanes of at least 4 members (excludes halogenated alkanes) is 1. The van der Waals surface area contributed by atoms with Crippen LogP contribution >= 0.6 is 0 Å². The topological polar surface area (TPSA) is 23.5 Å². The number of nitrogens with zero attached hydrogens (tertiary/aromatic N) is 1. The van der Waals surface area contributed by atoms with E-state index in [2.05, 4.69) is 36.1 Å². The third-order valence-electron chi connectivity index (χ3n) is 3.81. The minimum absolute atomic E-state index is 0.330. The molecule has 0 saturated carbocycles. The Bertz CT molecular complexity index is 341. The highest BCUT2D eigenvalue weighted by molar-refractivity contribution is 5.24. The molecule has 2 rings (SSSR count). The van der Waals surface area contributed by atoms with Crippen molar-refractivity contribution in [3.63, 3.8) is 0 Å². The van der Waals surface area contributed by atoms with Gasteiger partial charge in [0, 0.05) is 6.54 Å². The Morgan fingerprint density at radius 1 is 1.17 bits per heavy atom. The molecule has 0 radical (unpaired) electrons. The van der Waals surface area contributed by atoms with Crippen molar-refractivity contribution < 1.29 is 5.11 Å². The molecule has 18 heavy (non-hydrogen) atoms. The number of aliphatic hydroxyl groups excluding tert-OH is 1. The summed E-state index contributed by atoms with van der Waals surface area (Å²) < 4.78 is 0. The van der Waals surface area contributed by atoms with Crippen LogP contribution < -0.4 is 0 Å². The zero-order chi connectivity index (χ0) is 12.8. The van der Waals surface area contributed by atoms with E-state index in [1.54, 1.807) is 0 Å². The first-order valence-electron chi connectivity index (χ1n) is 7.29. The van der Waals surface area contributed by atoms with Crippen LogP contribution in [0.2, 0.25) is 0 Å².